The van der Waals surface area contributed by atoms with Gasteiger partial charge in [0.15, 0.2) is 0 Å². The van der Waals surface area contributed by atoms with Crippen LogP contribution in [-0.4, -0.2) is 46.4 Å². The molecule has 1 heterocycles. The molecule has 1 N–H and O–H groups in total. The van der Waals surface area contributed by atoms with Crippen molar-refractivity contribution in [2.75, 3.05) is 19.6 Å². The monoisotopic (exact) mass is 352 g/mol. The SMILES string of the molecule is Cc1cc(C)cc(CN2CCN(C(=O)Cc3ccccc3O)CC2=O)c1. The van der Waals surface area contributed by atoms with E-state index in [0.717, 1.165) is 5.56 Å². The second kappa shape index (κ2) is 7.60. The lowest BCUT2D eigenvalue weighted by Crippen LogP contribution is -2.52. The van der Waals surface area contributed by atoms with Crippen molar-refractivity contribution in [1.29, 1.82) is 0 Å². The van der Waals surface area contributed by atoms with Crippen LogP contribution < -0.4 is 0 Å². The van der Waals surface area contributed by atoms with Gasteiger partial charge in [-0.05, 0) is 25.5 Å². The van der Waals surface area contributed by atoms with Crippen LogP contribution in [0.4, 0.5) is 0 Å². The molecule has 2 amide bonds. The van der Waals surface area contributed by atoms with E-state index in [1.54, 1.807) is 34.1 Å². The molecule has 5 nitrogen and oxygen atoms in total. The highest BCUT2D eigenvalue weighted by Crippen LogP contribution is 2.18. The number of benzene rings is 2. The number of carbonyl (C=O) groups excluding carboxylic acids is 2. The number of aryl methyl sites for hydroxylation is 2. The molecule has 0 aliphatic carbocycles. The van der Waals surface area contributed by atoms with Gasteiger partial charge < -0.3 is 14.9 Å². The van der Waals surface area contributed by atoms with Crippen molar-refractivity contribution < 1.29 is 14.7 Å². The molecule has 0 unspecified atom stereocenters. The Morgan fingerprint density at radius 3 is 2.42 bits per heavy atom. The highest BCUT2D eigenvalue weighted by molar-refractivity contribution is 5.87. The smallest absolute Gasteiger partial charge is 0.242 e. The van der Waals surface area contributed by atoms with Gasteiger partial charge in [-0.1, -0.05) is 47.5 Å². The molecule has 1 aliphatic heterocycles. The summed E-state index contributed by atoms with van der Waals surface area (Å²) in [5.41, 5.74) is 4.07. The minimum atomic E-state index is -0.133. The van der Waals surface area contributed by atoms with Crippen molar-refractivity contribution in [3.8, 4) is 5.75 Å². The van der Waals surface area contributed by atoms with Gasteiger partial charge in [-0.2, -0.15) is 0 Å². The number of piperazine rings is 1. The van der Waals surface area contributed by atoms with Crippen LogP contribution in [0.5, 0.6) is 5.75 Å². The van der Waals surface area contributed by atoms with E-state index < -0.39 is 0 Å². The Kier molecular flexibility index (Phi) is 5.26. The van der Waals surface area contributed by atoms with Crippen molar-refractivity contribution in [2.45, 2.75) is 26.8 Å². The third kappa shape index (κ3) is 4.23. The highest BCUT2D eigenvalue weighted by Gasteiger charge is 2.27. The quantitative estimate of drug-likeness (QED) is 0.919. The van der Waals surface area contributed by atoms with Crippen LogP contribution in [0, 0.1) is 13.8 Å². The maximum Gasteiger partial charge on any atom is 0.242 e. The van der Waals surface area contributed by atoms with Gasteiger partial charge in [0.25, 0.3) is 0 Å². The normalized spacial score (nSPS) is 14.6. The molecule has 0 bridgehead atoms. The first-order valence-corrected chi connectivity index (χ1v) is 8.82. The summed E-state index contributed by atoms with van der Waals surface area (Å²) in [5.74, 6) is -0.0624. The highest BCUT2D eigenvalue weighted by atomic mass is 16.3. The summed E-state index contributed by atoms with van der Waals surface area (Å²) < 4.78 is 0. The lowest BCUT2D eigenvalue weighted by atomic mass is 10.1. The number of rotatable bonds is 4. The Morgan fingerprint density at radius 1 is 1.08 bits per heavy atom. The van der Waals surface area contributed by atoms with Crippen LogP contribution >= 0.6 is 0 Å². The number of aromatic hydroxyl groups is 1. The lowest BCUT2D eigenvalue weighted by Gasteiger charge is -2.34. The van der Waals surface area contributed by atoms with Crippen LogP contribution in [0.3, 0.4) is 0 Å². The van der Waals surface area contributed by atoms with E-state index >= 15 is 0 Å². The average molecular weight is 352 g/mol. The van der Waals surface area contributed by atoms with Crippen molar-refractivity contribution in [3.05, 3.63) is 64.7 Å². The van der Waals surface area contributed by atoms with Crippen LogP contribution in [-0.2, 0) is 22.6 Å². The lowest BCUT2D eigenvalue weighted by molar-refractivity contribution is -0.145. The molecule has 2 aromatic carbocycles. The van der Waals surface area contributed by atoms with Gasteiger partial charge in [0, 0.05) is 25.2 Å². The summed E-state index contributed by atoms with van der Waals surface area (Å²) >= 11 is 0. The Morgan fingerprint density at radius 2 is 1.77 bits per heavy atom. The number of phenols is 1. The van der Waals surface area contributed by atoms with Crippen LogP contribution in [0.15, 0.2) is 42.5 Å². The number of para-hydroxylation sites is 1. The Hall–Kier alpha value is -2.82. The number of phenolic OH excluding ortho intramolecular Hbond substituents is 1. The van der Waals surface area contributed by atoms with E-state index in [-0.39, 0.29) is 30.5 Å². The maximum absolute atomic E-state index is 12.5. The summed E-state index contributed by atoms with van der Waals surface area (Å²) in [7, 11) is 0. The number of carbonyl (C=O) groups is 2. The zero-order valence-corrected chi connectivity index (χ0v) is 15.2. The zero-order valence-electron chi connectivity index (χ0n) is 15.2. The second-order valence-corrected chi connectivity index (χ2v) is 6.93. The topological polar surface area (TPSA) is 60.9 Å². The first kappa shape index (κ1) is 18.0. The van der Waals surface area contributed by atoms with Crippen LogP contribution in [0.2, 0.25) is 0 Å². The van der Waals surface area contributed by atoms with E-state index in [1.807, 2.05) is 13.8 Å². The van der Waals surface area contributed by atoms with E-state index in [4.69, 9.17) is 0 Å². The molecule has 0 spiro atoms. The Balaban J connectivity index is 1.60. The van der Waals surface area contributed by atoms with Gasteiger partial charge in [-0.25, -0.2) is 0 Å². The van der Waals surface area contributed by atoms with Gasteiger partial charge in [-0.15, -0.1) is 0 Å². The molecule has 1 saturated heterocycles. The molecule has 0 atom stereocenters. The number of hydrogen-bond donors (Lipinski definition) is 1. The molecule has 26 heavy (non-hydrogen) atoms. The standard InChI is InChI=1S/C21H24N2O3/c1-15-9-16(2)11-17(10-15)13-22-7-8-23(14-21(22)26)20(25)12-18-5-3-4-6-19(18)24/h3-6,9-11,24H,7-8,12-14H2,1-2H3. The van der Waals surface area contributed by atoms with Crippen molar-refractivity contribution in [2.24, 2.45) is 0 Å². The molecular formula is C21H24N2O3. The summed E-state index contributed by atoms with van der Waals surface area (Å²) in [4.78, 5) is 28.3. The van der Waals surface area contributed by atoms with Crippen molar-refractivity contribution in [1.82, 2.24) is 9.80 Å². The molecule has 0 saturated carbocycles. The third-order valence-electron chi connectivity index (χ3n) is 4.66. The fraction of sp³-hybridized carbons (Fsp3) is 0.333. The molecule has 2 aromatic rings. The Bertz CT molecular complexity index is 812. The zero-order chi connectivity index (χ0) is 18.7. The van der Waals surface area contributed by atoms with Crippen LogP contribution in [0.1, 0.15) is 22.3 Å². The second-order valence-electron chi connectivity index (χ2n) is 6.93. The van der Waals surface area contributed by atoms with Crippen molar-refractivity contribution in [3.63, 3.8) is 0 Å². The molecular weight excluding hydrogens is 328 g/mol. The first-order valence-electron chi connectivity index (χ1n) is 8.82. The van der Waals surface area contributed by atoms with Crippen molar-refractivity contribution >= 4 is 11.8 Å². The summed E-state index contributed by atoms with van der Waals surface area (Å²) in [5, 5.41) is 9.81. The molecule has 1 aliphatic rings. The number of amides is 2. The van der Waals surface area contributed by atoms with Gasteiger partial charge in [0.05, 0.1) is 13.0 Å². The summed E-state index contributed by atoms with van der Waals surface area (Å²) in [6.45, 7) is 5.81. The van der Waals surface area contributed by atoms with E-state index in [0.29, 0.717) is 25.2 Å². The minimum Gasteiger partial charge on any atom is -0.508 e. The first-order chi connectivity index (χ1) is 12.4. The fourth-order valence-electron chi connectivity index (χ4n) is 3.40. The molecule has 0 aromatic heterocycles. The fourth-order valence-corrected chi connectivity index (χ4v) is 3.40. The van der Waals surface area contributed by atoms with E-state index in [2.05, 4.69) is 18.2 Å². The molecule has 136 valence electrons. The molecule has 3 rings (SSSR count). The summed E-state index contributed by atoms with van der Waals surface area (Å²) in [6.07, 6.45) is 0.108. The third-order valence-corrected chi connectivity index (χ3v) is 4.66. The Labute approximate surface area is 153 Å². The molecule has 5 heteroatoms. The van der Waals surface area contributed by atoms with Gasteiger partial charge >= 0.3 is 0 Å². The summed E-state index contributed by atoms with van der Waals surface area (Å²) in [6, 6.07) is 13.1. The number of nitrogens with zero attached hydrogens (tertiary/aromatic N) is 2. The van der Waals surface area contributed by atoms with E-state index in [1.165, 1.54) is 11.1 Å². The molecule has 1 fully saturated rings. The maximum atomic E-state index is 12.5. The largest absolute Gasteiger partial charge is 0.508 e. The average Bonchev–Trinajstić information content (AvgIpc) is 2.58. The minimum absolute atomic E-state index is 0.0407. The van der Waals surface area contributed by atoms with Crippen LogP contribution in [0.25, 0.3) is 0 Å². The predicted octanol–water partition coefficient (Wildman–Crippen LogP) is 2.42. The van der Waals surface area contributed by atoms with Gasteiger partial charge in [0.1, 0.15) is 5.75 Å². The van der Waals surface area contributed by atoms with Gasteiger partial charge in [-0.3, -0.25) is 9.59 Å². The number of hydrogen-bond acceptors (Lipinski definition) is 3. The van der Waals surface area contributed by atoms with Gasteiger partial charge in [0.2, 0.25) is 11.8 Å². The van der Waals surface area contributed by atoms with E-state index in [9.17, 15) is 14.7 Å². The predicted molar refractivity (Wildman–Crippen MR) is 99.7 cm³/mol. The molecule has 0 radical (unpaired) electrons.